The maximum atomic E-state index is 13.4. The largest absolute Gasteiger partial charge is 0.416 e. The Morgan fingerprint density at radius 3 is 0.897 bits per heavy atom. The fourth-order valence-electron chi connectivity index (χ4n) is 4.77. The topological polar surface area (TPSA) is 51.9 Å². The van der Waals surface area contributed by atoms with Gasteiger partial charge in [0.25, 0.3) is 0 Å². The first-order valence-corrected chi connectivity index (χ1v) is 11.0. The van der Waals surface area contributed by atoms with Crippen LogP contribution < -0.4 is 0 Å². The first-order chi connectivity index (χ1) is 18.2. The van der Waals surface area contributed by atoms with E-state index < -0.39 is 35.2 Å². The van der Waals surface area contributed by atoms with Gasteiger partial charge in [0.15, 0.2) is 0 Å². The number of aromatic nitrogens is 6. The van der Waals surface area contributed by atoms with Gasteiger partial charge in [-0.15, -0.1) is 0 Å². The third kappa shape index (κ3) is 3.28. The molecule has 0 bridgehead atoms. The van der Waals surface area contributed by atoms with Crippen molar-refractivity contribution in [1.82, 2.24) is 28.2 Å². The number of nitrogens with zero attached hydrogens (tertiary/aromatic N) is 6. The van der Waals surface area contributed by atoms with Crippen LogP contribution in [0.25, 0.3) is 50.4 Å². The van der Waals surface area contributed by atoms with Crippen LogP contribution in [-0.2, 0) is 18.5 Å². The maximum absolute atomic E-state index is 13.4. The lowest BCUT2D eigenvalue weighted by Gasteiger charge is -2.07. The van der Waals surface area contributed by atoms with Crippen LogP contribution in [0.2, 0.25) is 0 Å². The lowest BCUT2D eigenvalue weighted by Crippen LogP contribution is -2.05. The van der Waals surface area contributed by atoms with E-state index in [1.54, 1.807) is 0 Å². The summed E-state index contributed by atoms with van der Waals surface area (Å²) in [6, 6.07) is 8.31. The first kappa shape index (κ1) is 23.5. The Balaban J connectivity index is 1.71. The summed E-state index contributed by atoms with van der Waals surface area (Å²) in [5, 5.41) is 0. The second-order valence-electron chi connectivity index (χ2n) is 8.85. The van der Waals surface area contributed by atoms with Crippen molar-refractivity contribution in [2.75, 3.05) is 0 Å². The van der Waals surface area contributed by atoms with E-state index in [4.69, 9.17) is 0 Å². The molecule has 0 fully saturated rings. The number of hydrogen-bond donors (Lipinski definition) is 0. The first-order valence-electron chi connectivity index (χ1n) is 11.0. The number of rotatable bonds is 0. The average Bonchev–Trinajstić information content (AvgIpc) is 3.51. The number of benzene rings is 3. The molecule has 4 aromatic heterocycles. The van der Waals surface area contributed by atoms with Crippen molar-refractivity contribution in [3.8, 4) is 0 Å². The highest BCUT2D eigenvalue weighted by Gasteiger charge is 2.34. The van der Waals surface area contributed by atoms with Crippen LogP contribution in [0.15, 0.2) is 54.6 Å². The molecule has 0 aliphatic rings. The van der Waals surface area contributed by atoms with E-state index in [1.165, 1.54) is 13.2 Å². The minimum Gasteiger partial charge on any atom is -0.247 e. The Hall–Kier alpha value is -4.56. The molecule has 0 amide bonds. The van der Waals surface area contributed by atoms with E-state index in [2.05, 4.69) is 15.0 Å². The van der Waals surface area contributed by atoms with Crippen molar-refractivity contribution >= 4 is 50.4 Å². The second kappa shape index (κ2) is 7.09. The number of imidazole rings is 3. The quantitative estimate of drug-likeness (QED) is 0.188. The van der Waals surface area contributed by atoms with Gasteiger partial charge in [0.1, 0.15) is 0 Å². The molecule has 0 saturated heterocycles. The maximum Gasteiger partial charge on any atom is 0.416 e. The molecule has 39 heavy (non-hydrogen) atoms. The van der Waals surface area contributed by atoms with E-state index in [0.717, 1.165) is 54.6 Å². The summed E-state index contributed by atoms with van der Waals surface area (Å²) >= 11 is 0. The zero-order valence-corrected chi connectivity index (χ0v) is 18.8. The molecule has 6 nitrogen and oxygen atoms in total. The molecule has 198 valence electrons. The van der Waals surface area contributed by atoms with Gasteiger partial charge >= 0.3 is 18.5 Å². The van der Waals surface area contributed by atoms with Crippen LogP contribution in [0.4, 0.5) is 39.5 Å². The zero-order valence-electron chi connectivity index (χ0n) is 18.8. The lowest BCUT2D eigenvalue weighted by atomic mass is 10.2. The minimum absolute atomic E-state index is 0.0413. The summed E-state index contributed by atoms with van der Waals surface area (Å²) in [5.41, 5.74) is -2.87. The Kier molecular flexibility index (Phi) is 4.28. The van der Waals surface area contributed by atoms with Crippen molar-refractivity contribution in [3.63, 3.8) is 0 Å². The third-order valence-electron chi connectivity index (χ3n) is 6.49. The van der Waals surface area contributed by atoms with E-state index in [9.17, 15) is 39.5 Å². The smallest absolute Gasteiger partial charge is 0.247 e. The molecule has 3 aromatic carbocycles. The summed E-state index contributed by atoms with van der Waals surface area (Å²) in [6.45, 7) is 0. The summed E-state index contributed by atoms with van der Waals surface area (Å²) < 4.78 is 125. The Morgan fingerprint density at radius 1 is 0.410 bits per heavy atom. The number of fused-ring (bicyclic) bond motifs is 12. The zero-order chi connectivity index (χ0) is 27.6. The molecule has 0 aliphatic carbocycles. The Bertz CT molecular complexity index is 1870. The second-order valence-corrected chi connectivity index (χ2v) is 8.85. The summed E-state index contributed by atoms with van der Waals surface area (Å²) in [4.78, 5) is 13.0. The molecule has 0 radical (unpaired) electrons. The fourth-order valence-corrected chi connectivity index (χ4v) is 4.77. The summed E-state index contributed by atoms with van der Waals surface area (Å²) in [7, 11) is 0. The lowest BCUT2D eigenvalue weighted by molar-refractivity contribution is -0.138. The summed E-state index contributed by atoms with van der Waals surface area (Å²) in [6.07, 6.45) is -14.0. The van der Waals surface area contributed by atoms with Gasteiger partial charge in [0.05, 0.1) is 49.8 Å². The van der Waals surface area contributed by atoms with Crippen LogP contribution >= 0.6 is 0 Å². The van der Waals surface area contributed by atoms with Crippen LogP contribution in [0.3, 0.4) is 0 Å². The molecule has 0 atom stereocenters. The molecule has 15 heteroatoms. The molecular formula is C24H9F9N6. The van der Waals surface area contributed by atoms with E-state index in [0.29, 0.717) is 0 Å². The molecule has 7 rings (SSSR count). The Labute approximate surface area is 208 Å². The number of alkyl halides is 9. The predicted molar refractivity (Wildman–Crippen MR) is 120 cm³/mol. The van der Waals surface area contributed by atoms with Gasteiger partial charge in [-0.3, -0.25) is 0 Å². The molecule has 0 unspecified atom stereocenters. The van der Waals surface area contributed by atoms with Crippen molar-refractivity contribution in [2.45, 2.75) is 18.5 Å². The van der Waals surface area contributed by atoms with Crippen LogP contribution in [-0.4, -0.2) is 28.2 Å². The molecule has 0 spiro atoms. The van der Waals surface area contributed by atoms with Crippen molar-refractivity contribution in [1.29, 1.82) is 0 Å². The highest BCUT2D eigenvalue weighted by Crippen LogP contribution is 2.36. The molecule has 0 saturated carbocycles. The van der Waals surface area contributed by atoms with E-state index in [-0.39, 0.29) is 50.4 Å². The van der Waals surface area contributed by atoms with Gasteiger partial charge in [-0.1, -0.05) is 0 Å². The van der Waals surface area contributed by atoms with Crippen molar-refractivity contribution in [3.05, 3.63) is 71.3 Å². The van der Waals surface area contributed by atoms with Crippen LogP contribution in [0.5, 0.6) is 0 Å². The van der Waals surface area contributed by atoms with Crippen LogP contribution in [0.1, 0.15) is 16.7 Å². The van der Waals surface area contributed by atoms with Crippen molar-refractivity contribution in [2.24, 2.45) is 0 Å². The summed E-state index contributed by atoms with van der Waals surface area (Å²) in [5.74, 6) is -0.124. The monoisotopic (exact) mass is 552 g/mol. The van der Waals surface area contributed by atoms with Gasteiger partial charge in [-0.2, -0.15) is 39.5 Å². The molecule has 0 aliphatic heterocycles. The third-order valence-corrected chi connectivity index (χ3v) is 6.49. The molecule has 4 heterocycles. The normalized spacial score (nSPS) is 13.8. The highest BCUT2D eigenvalue weighted by atomic mass is 19.4. The molecular weight excluding hydrogens is 543 g/mol. The van der Waals surface area contributed by atoms with Crippen molar-refractivity contribution < 1.29 is 39.5 Å². The van der Waals surface area contributed by atoms with Crippen LogP contribution in [0, 0.1) is 0 Å². The molecule has 7 aromatic rings. The Morgan fingerprint density at radius 2 is 0.667 bits per heavy atom. The predicted octanol–water partition coefficient (Wildman–Crippen LogP) is 7.15. The highest BCUT2D eigenvalue weighted by molar-refractivity contribution is 5.91. The standard InChI is InChI=1S/C24H9F9N6/c25-22(26,27)10-1-4-16-13(7-10)34-19-37(16)20-35-14-8-11(23(28,29)30)2-5-17(14)39(20)21-36-15-9-12(24(31,32)33)3-6-18(15)38(19)21/h1-9H. The van der Waals surface area contributed by atoms with Gasteiger partial charge in [-0.05, 0) is 54.6 Å². The van der Waals surface area contributed by atoms with Gasteiger partial charge in [-0.25, -0.2) is 28.2 Å². The molecule has 0 N–H and O–H groups in total. The van der Waals surface area contributed by atoms with E-state index in [1.807, 2.05) is 0 Å². The number of hydrogen-bond acceptors (Lipinski definition) is 3. The van der Waals surface area contributed by atoms with E-state index >= 15 is 0 Å². The average molecular weight is 552 g/mol. The fraction of sp³-hybridized carbons (Fsp3) is 0.125. The SMILES string of the molecule is FC(F)(F)c1ccc2c(c1)nc1n2c2nc3cc(C(F)(F)F)ccc3n2c2nc3cc(C(F)(F)F)ccc3n12. The van der Waals surface area contributed by atoms with Gasteiger partial charge in [0.2, 0.25) is 17.3 Å². The van der Waals surface area contributed by atoms with Gasteiger partial charge in [0, 0.05) is 0 Å². The minimum atomic E-state index is -4.68. The number of halogens is 9. The van der Waals surface area contributed by atoms with Gasteiger partial charge < -0.3 is 0 Å².